The molecule has 0 aliphatic rings. The number of nitrogens with one attached hydrogen (secondary N) is 2. The molecule has 0 spiro atoms. The number of hydrogen-bond acceptors (Lipinski definition) is 4. The number of halogens is 2. The van der Waals surface area contributed by atoms with E-state index < -0.39 is 40.9 Å². The van der Waals surface area contributed by atoms with Crippen LogP contribution in [-0.4, -0.2) is 20.4 Å². The van der Waals surface area contributed by atoms with E-state index in [4.69, 9.17) is 0 Å². The molecule has 0 aliphatic carbocycles. The fourth-order valence-electron chi connectivity index (χ4n) is 3.72. The molecule has 2 atom stereocenters. The number of rotatable bonds is 6. The third kappa shape index (κ3) is 4.57. The second-order valence-corrected chi connectivity index (χ2v) is 7.61. The highest BCUT2D eigenvalue weighted by atomic mass is 19.1. The van der Waals surface area contributed by atoms with Crippen LogP contribution in [0.25, 0.3) is 11.0 Å². The highest BCUT2D eigenvalue weighted by Gasteiger charge is 2.27. The first-order valence-corrected chi connectivity index (χ1v) is 10.2. The van der Waals surface area contributed by atoms with E-state index in [0.29, 0.717) is 5.56 Å². The van der Waals surface area contributed by atoms with E-state index in [1.807, 2.05) is 0 Å². The summed E-state index contributed by atoms with van der Waals surface area (Å²) < 4.78 is 28.3. The molecular weight excluding hydrogens is 430 g/mol. The van der Waals surface area contributed by atoms with E-state index in [1.54, 1.807) is 42.5 Å². The van der Waals surface area contributed by atoms with Gasteiger partial charge in [-0.3, -0.25) is 9.59 Å². The van der Waals surface area contributed by atoms with Crippen LogP contribution in [0.3, 0.4) is 0 Å². The summed E-state index contributed by atoms with van der Waals surface area (Å²) in [5, 5.41) is 2.64. The summed E-state index contributed by atoms with van der Waals surface area (Å²) in [6.45, 7) is 1.53. The zero-order chi connectivity index (χ0) is 23.5. The van der Waals surface area contributed by atoms with Crippen LogP contribution >= 0.6 is 0 Å². The van der Waals surface area contributed by atoms with Crippen molar-refractivity contribution in [3.63, 3.8) is 0 Å². The molecule has 168 valence electrons. The average Bonchev–Trinajstić information content (AvgIpc) is 2.79. The van der Waals surface area contributed by atoms with E-state index in [2.05, 4.69) is 15.3 Å². The number of amides is 1. The summed E-state index contributed by atoms with van der Waals surface area (Å²) >= 11 is 0. The lowest BCUT2D eigenvalue weighted by molar-refractivity contribution is -0.125. The van der Waals surface area contributed by atoms with Gasteiger partial charge in [-0.25, -0.2) is 23.1 Å². The number of fused-ring (bicyclic) bond motifs is 1. The second-order valence-electron chi connectivity index (χ2n) is 7.61. The lowest BCUT2D eigenvalue weighted by Crippen LogP contribution is -2.46. The van der Waals surface area contributed by atoms with E-state index >= 15 is 0 Å². The van der Waals surface area contributed by atoms with Crippen molar-refractivity contribution in [2.75, 3.05) is 0 Å². The van der Waals surface area contributed by atoms with E-state index in [9.17, 15) is 23.2 Å². The van der Waals surface area contributed by atoms with Gasteiger partial charge in [0.15, 0.2) is 5.52 Å². The molecule has 1 amide bonds. The van der Waals surface area contributed by atoms with Crippen molar-refractivity contribution in [1.29, 1.82) is 0 Å². The molecule has 0 radical (unpaired) electrons. The second kappa shape index (κ2) is 9.15. The van der Waals surface area contributed by atoms with Crippen LogP contribution in [0.1, 0.15) is 30.1 Å². The zero-order valence-electron chi connectivity index (χ0n) is 17.6. The van der Waals surface area contributed by atoms with Gasteiger partial charge in [-0.2, -0.15) is 0 Å². The standard InChI is InChI=1S/C24H20F2N4O3/c1-14(17-10-9-16(25)13-18(17)26)28-22(31)20(12-15-6-3-2-4-7-15)30-23(32)21-19(29-24(30)33)8-5-11-27-21/h2-11,13-14,20H,12H2,1H3,(H,28,31)(H,29,33)/t14-,20-/m0/s1. The minimum atomic E-state index is -1.24. The first kappa shape index (κ1) is 22.1. The largest absolute Gasteiger partial charge is 0.348 e. The smallest absolute Gasteiger partial charge is 0.329 e. The highest BCUT2D eigenvalue weighted by molar-refractivity contribution is 5.81. The molecule has 2 aromatic carbocycles. The minimum Gasteiger partial charge on any atom is -0.348 e. The number of H-pyrrole nitrogens is 1. The number of carbonyl (C=O) groups is 1. The molecule has 2 N–H and O–H groups in total. The van der Waals surface area contributed by atoms with Gasteiger partial charge >= 0.3 is 5.69 Å². The Balaban J connectivity index is 1.76. The molecule has 0 saturated carbocycles. The Bertz CT molecular complexity index is 1430. The van der Waals surface area contributed by atoms with Gasteiger partial charge in [0.1, 0.15) is 17.7 Å². The van der Waals surface area contributed by atoms with Gasteiger partial charge in [-0.1, -0.05) is 36.4 Å². The summed E-state index contributed by atoms with van der Waals surface area (Å²) in [5.41, 5.74) is -0.427. The summed E-state index contributed by atoms with van der Waals surface area (Å²) in [4.78, 5) is 45.9. The average molecular weight is 450 g/mol. The first-order valence-electron chi connectivity index (χ1n) is 10.2. The molecule has 4 aromatic rings. The molecule has 2 heterocycles. The number of pyridine rings is 1. The molecule has 0 bridgehead atoms. The number of nitrogens with zero attached hydrogens (tertiary/aromatic N) is 2. The fraction of sp³-hybridized carbons (Fsp3) is 0.167. The Labute approximate surface area is 186 Å². The Morgan fingerprint density at radius 3 is 2.58 bits per heavy atom. The molecule has 4 rings (SSSR count). The quantitative estimate of drug-likeness (QED) is 0.472. The maximum absolute atomic E-state index is 14.2. The Kier molecular flexibility index (Phi) is 6.12. The normalized spacial score (nSPS) is 12.9. The van der Waals surface area contributed by atoms with E-state index in [-0.39, 0.29) is 23.0 Å². The predicted octanol–water partition coefficient (Wildman–Crippen LogP) is 3.02. The van der Waals surface area contributed by atoms with Gasteiger partial charge in [0.25, 0.3) is 5.56 Å². The van der Waals surface area contributed by atoms with Gasteiger partial charge < -0.3 is 10.3 Å². The van der Waals surface area contributed by atoms with Gasteiger partial charge in [0.05, 0.1) is 11.6 Å². The van der Waals surface area contributed by atoms with Crippen molar-refractivity contribution in [2.45, 2.75) is 25.4 Å². The van der Waals surface area contributed by atoms with Crippen molar-refractivity contribution >= 4 is 16.9 Å². The predicted molar refractivity (Wildman–Crippen MR) is 119 cm³/mol. The van der Waals surface area contributed by atoms with E-state index in [0.717, 1.165) is 16.7 Å². The first-order chi connectivity index (χ1) is 15.8. The van der Waals surface area contributed by atoms with Crippen LogP contribution in [0.4, 0.5) is 8.78 Å². The fourth-order valence-corrected chi connectivity index (χ4v) is 3.72. The molecule has 0 saturated heterocycles. The highest BCUT2D eigenvalue weighted by Crippen LogP contribution is 2.20. The van der Waals surface area contributed by atoms with Crippen LogP contribution in [0, 0.1) is 11.6 Å². The Hall–Kier alpha value is -4.14. The Morgan fingerprint density at radius 1 is 1.09 bits per heavy atom. The SMILES string of the molecule is C[C@H](NC(=O)[C@H](Cc1ccccc1)n1c(=O)[nH]c2cccnc2c1=O)c1ccc(F)cc1F. The molecule has 2 aromatic heterocycles. The molecule has 0 aliphatic heterocycles. The number of aromatic amines is 1. The molecule has 9 heteroatoms. The van der Waals surface area contributed by atoms with Crippen LogP contribution in [-0.2, 0) is 11.2 Å². The summed E-state index contributed by atoms with van der Waals surface area (Å²) in [6, 6.07) is 13.0. The third-order valence-corrected chi connectivity index (χ3v) is 5.36. The maximum Gasteiger partial charge on any atom is 0.329 e. The molecule has 0 fully saturated rings. The van der Waals surface area contributed by atoms with Crippen molar-refractivity contribution in [2.24, 2.45) is 0 Å². The summed E-state index contributed by atoms with van der Waals surface area (Å²) in [5.74, 6) is -2.22. The van der Waals surface area contributed by atoms with Crippen molar-refractivity contribution < 1.29 is 13.6 Å². The minimum absolute atomic E-state index is 0.0144. The van der Waals surface area contributed by atoms with Crippen molar-refractivity contribution in [3.05, 3.63) is 110 Å². The zero-order valence-corrected chi connectivity index (χ0v) is 17.6. The molecule has 7 nitrogen and oxygen atoms in total. The van der Waals surface area contributed by atoms with Gasteiger partial charge in [0.2, 0.25) is 5.91 Å². The lowest BCUT2D eigenvalue weighted by Gasteiger charge is -2.22. The topological polar surface area (TPSA) is 96.8 Å². The van der Waals surface area contributed by atoms with Gasteiger partial charge in [0, 0.05) is 24.2 Å². The maximum atomic E-state index is 14.2. The van der Waals surface area contributed by atoms with Crippen LogP contribution in [0.15, 0.2) is 76.4 Å². The monoisotopic (exact) mass is 450 g/mol. The molecule has 33 heavy (non-hydrogen) atoms. The Morgan fingerprint density at radius 2 is 1.85 bits per heavy atom. The number of aromatic nitrogens is 3. The molecule has 0 unspecified atom stereocenters. The lowest BCUT2D eigenvalue weighted by atomic mass is 10.0. The van der Waals surface area contributed by atoms with Crippen LogP contribution in [0.2, 0.25) is 0 Å². The number of benzene rings is 2. The number of carbonyl (C=O) groups excluding carboxylic acids is 1. The van der Waals surface area contributed by atoms with Crippen LogP contribution < -0.4 is 16.6 Å². The summed E-state index contributed by atoms with van der Waals surface area (Å²) in [6.07, 6.45) is 1.45. The van der Waals surface area contributed by atoms with Crippen LogP contribution in [0.5, 0.6) is 0 Å². The number of hydrogen-bond donors (Lipinski definition) is 2. The third-order valence-electron chi connectivity index (χ3n) is 5.36. The van der Waals surface area contributed by atoms with Gasteiger partial charge in [-0.05, 0) is 30.7 Å². The summed E-state index contributed by atoms with van der Waals surface area (Å²) in [7, 11) is 0. The van der Waals surface area contributed by atoms with Crippen molar-refractivity contribution in [3.8, 4) is 0 Å². The van der Waals surface area contributed by atoms with E-state index in [1.165, 1.54) is 19.2 Å². The molecular formula is C24H20F2N4O3. The van der Waals surface area contributed by atoms with Gasteiger partial charge in [-0.15, -0.1) is 0 Å². The van der Waals surface area contributed by atoms with Crippen molar-refractivity contribution in [1.82, 2.24) is 19.9 Å².